The lowest BCUT2D eigenvalue weighted by Crippen LogP contribution is -2.46. The molecule has 2 atom stereocenters. The SMILES string of the molecule is O=c1c(-c2ccc(Br)cc2)c(C(F)(F)F)oc2c(CN3C[C@H]4C[C@@H](C3)c3cccc(=O)n3C4)c(O)ccc12. The van der Waals surface area contributed by atoms with Crippen molar-refractivity contribution in [3.63, 3.8) is 0 Å². The Labute approximate surface area is 223 Å². The highest BCUT2D eigenvalue weighted by molar-refractivity contribution is 9.10. The molecular weight excluding hydrogens is 565 g/mol. The largest absolute Gasteiger partial charge is 0.507 e. The zero-order chi connectivity index (χ0) is 26.8. The van der Waals surface area contributed by atoms with Crippen LogP contribution in [0.25, 0.3) is 22.1 Å². The molecule has 0 spiro atoms. The summed E-state index contributed by atoms with van der Waals surface area (Å²) in [5, 5.41) is 10.7. The standard InChI is InChI=1S/C28H22BrF3N2O4/c29-18-6-4-16(5-7-18)24-25(37)19-8-9-22(35)20(26(19)38-27(24)28(30,31)32)14-33-11-15-10-17(13-33)21-2-1-3-23(36)34(21)12-15/h1-9,15,17,35H,10-14H2/t15-,17+/m1/s1. The first kappa shape index (κ1) is 24.9. The first-order valence-electron chi connectivity index (χ1n) is 12.2. The molecule has 0 unspecified atom stereocenters. The van der Waals surface area contributed by atoms with Gasteiger partial charge in [0.25, 0.3) is 5.56 Å². The summed E-state index contributed by atoms with van der Waals surface area (Å²) in [6.07, 6.45) is -4.02. The normalized spacial score (nSPS) is 19.5. The summed E-state index contributed by atoms with van der Waals surface area (Å²) in [5.74, 6) is -1.37. The van der Waals surface area contributed by atoms with E-state index in [1.807, 2.05) is 11.0 Å². The molecule has 4 aromatic rings. The van der Waals surface area contributed by atoms with E-state index in [-0.39, 0.29) is 51.8 Å². The Kier molecular flexibility index (Phi) is 5.99. The lowest BCUT2D eigenvalue weighted by atomic mass is 9.83. The van der Waals surface area contributed by atoms with Gasteiger partial charge in [-0.25, -0.2) is 0 Å². The van der Waals surface area contributed by atoms with Gasteiger partial charge < -0.3 is 14.1 Å². The van der Waals surface area contributed by atoms with Crippen molar-refractivity contribution in [1.82, 2.24) is 9.47 Å². The molecule has 0 amide bonds. The minimum atomic E-state index is -4.93. The van der Waals surface area contributed by atoms with Gasteiger partial charge in [-0.15, -0.1) is 0 Å². The third-order valence-electron chi connectivity index (χ3n) is 7.47. The van der Waals surface area contributed by atoms with Crippen LogP contribution in [-0.4, -0.2) is 27.7 Å². The molecule has 2 aliphatic heterocycles. The molecule has 2 aromatic heterocycles. The fourth-order valence-electron chi connectivity index (χ4n) is 5.88. The molecule has 2 aliphatic rings. The highest BCUT2D eigenvalue weighted by Crippen LogP contribution is 2.41. The van der Waals surface area contributed by atoms with Crippen molar-refractivity contribution >= 4 is 26.9 Å². The number of fused-ring (bicyclic) bond motifs is 5. The zero-order valence-corrected chi connectivity index (χ0v) is 21.6. The Morgan fingerprint density at radius 1 is 1.00 bits per heavy atom. The molecule has 1 saturated heterocycles. The van der Waals surface area contributed by atoms with Crippen molar-refractivity contribution in [3.05, 3.63) is 96.7 Å². The van der Waals surface area contributed by atoms with Crippen LogP contribution < -0.4 is 11.0 Å². The molecule has 38 heavy (non-hydrogen) atoms. The predicted octanol–water partition coefficient (Wildman–Crippen LogP) is 5.73. The van der Waals surface area contributed by atoms with Crippen LogP contribution in [0.5, 0.6) is 5.75 Å². The van der Waals surface area contributed by atoms with Crippen molar-refractivity contribution in [1.29, 1.82) is 0 Å². The molecular formula is C28H22BrF3N2O4. The minimum Gasteiger partial charge on any atom is -0.507 e. The lowest BCUT2D eigenvalue weighted by molar-refractivity contribution is -0.152. The number of aromatic hydroxyl groups is 1. The molecule has 1 fully saturated rings. The number of hydrogen-bond donors (Lipinski definition) is 1. The summed E-state index contributed by atoms with van der Waals surface area (Å²) in [5.41, 5.74) is -0.530. The van der Waals surface area contributed by atoms with E-state index in [2.05, 4.69) is 15.9 Å². The number of pyridine rings is 1. The van der Waals surface area contributed by atoms with E-state index in [9.17, 15) is 27.9 Å². The van der Waals surface area contributed by atoms with Gasteiger partial charge in [-0.2, -0.15) is 13.2 Å². The molecule has 1 N–H and O–H groups in total. The molecule has 4 heterocycles. The Hall–Kier alpha value is -3.37. The number of rotatable bonds is 3. The Morgan fingerprint density at radius 2 is 1.76 bits per heavy atom. The van der Waals surface area contributed by atoms with E-state index in [0.717, 1.165) is 12.1 Å². The number of hydrogen-bond acceptors (Lipinski definition) is 5. The number of likely N-dealkylation sites (tertiary alicyclic amines) is 1. The van der Waals surface area contributed by atoms with Gasteiger partial charge in [0.15, 0.2) is 0 Å². The van der Waals surface area contributed by atoms with Gasteiger partial charge in [-0.1, -0.05) is 34.1 Å². The summed E-state index contributed by atoms with van der Waals surface area (Å²) < 4.78 is 50.5. The number of benzene rings is 2. The fraction of sp³-hybridized carbons (Fsp3) is 0.286. The average Bonchev–Trinajstić information content (AvgIpc) is 2.86. The molecule has 6 rings (SSSR count). The average molecular weight is 587 g/mol. The van der Waals surface area contributed by atoms with Crippen molar-refractivity contribution in [2.24, 2.45) is 5.92 Å². The molecule has 0 aliphatic carbocycles. The van der Waals surface area contributed by atoms with Crippen molar-refractivity contribution in [2.45, 2.75) is 31.6 Å². The number of phenolic OH excluding ortho intramolecular Hbond substituents is 1. The monoisotopic (exact) mass is 586 g/mol. The van der Waals surface area contributed by atoms with E-state index in [0.29, 0.717) is 24.1 Å². The van der Waals surface area contributed by atoms with Crippen molar-refractivity contribution in [2.75, 3.05) is 13.1 Å². The summed E-state index contributed by atoms with van der Waals surface area (Å²) in [7, 11) is 0. The van der Waals surface area contributed by atoms with Crippen LogP contribution >= 0.6 is 15.9 Å². The van der Waals surface area contributed by atoms with Gasteiger partial charge in [0.2, 0.25) is 11.2 Å². The number of phenols is 1. The van der Waals surface area contributed by atoms with E-state index >= 15 is 0 Å². The van der Waals surface area contributed by atoms with Crippen LogP contribution in [0.2, 0.25) is 0 Å². The van der Waals surface area contributed by atoms with Gasteiger partial charge >= 0.3 is 6.18 Å². The maximum atomic E-state index is 14.2. The molecule has 0 saturated carbocycles. The third kappa shape index (κ3) is 4.25. The van der Waals surface area contributed by atoms with Crippen LogP contribution in [0.1, 0.15) is 29.4 Å². The quantitative estimate of drug-likeness (QED) is 0.332. The summed E-state index contributed by atoms with van der Waals surface area (Å²) in [4.78, 5) is 27.8. The highest BCUT2D eigenvalue weighted by atomic mass is 79.9. The summed E-state index contributed by atoms with van der Waals surface area (Å²) in [6, 6.07) is 13.8. The number of halogens is 4. The van der Waals surface area contributed by atoms with Crippen molar-refractivity contribution in [3.8, 4) is 16.9 Å². The Morgan fingerprint density at radius 3 is 2.50 bits per heavy atom. The highest BCUT2D eigenvalue weighted by Gasteiger charge is 2.40. The molecule has 0 radical (unpaired) electrons. The van der Waals surface area contributed by atoms with Crippen LogP contribution in [0, 0.1) is 5.92 Å². The topological polar surface area (TPSA) is 75.7 Å². The maximum Gasteiger partial charge on any atom is 0.450 e. The molecule has 6 nitrogen and oxygen atoms in total. The van der Waals surface area contributed by atoms with Crippen molar-refractivity contribution < 1.29 is 22.7 Å². The Balaban J connectivity index is 1.44. The first-order valence-corrected chi connectivity index (χ1v) is 13.0. The second kappa shape index (κ2) is 9.13. The second-order valence-electron chi connectivity index (χ2n) is 9.97. The van der Waals surface area contributed by atoms with E-state index in [4.69, 9.17) is 4.42 Å². The van der Waals surface area contributed by atoms with Crippen LogP contribution in [-0.2, 0) is 19.3 Å². The number of nitrogens with zero attached hydrogens (tertiary/aromatic N) is 2. The van der Waals surface area contributed by atoms with Crippen LogP contribution in [0.15, 0.2) is 73.1 Å². The summed E-state index contributed by atoms with van der Waals surface area (Å²) >= 11 is 3.26. The summed E-state index contributed by atoms with van der Waals surface area (Å²) in [6.45, 7) is 1.82. The lowest BCUT2D eigenvalue weighted by Gasteiger charge is -2.42. The zero-order valence-electron chi connectivity index (χ0n) is 20.0. The van der Waals surface area contributed by atoms with Crippen LogP contribution in [0.3, 0.4) is 0 Å². The smallest absolute Gasteiger partial charge is 0.450 e. The van der Waals surface area contributed by atoms with Gasteiger partial charge in [0.1, 0.15) is 11.3 Å². The first-order chi connectivity index (χ1) is 18.1. The minimum absolute atomic E-state index is 0.0298. The van der Waals surface area contributed by atoms with E-state index < -0.39 is 22.9 Å². The molecule has 196 valence electrons. The number of piperidine rings is 1. The second-order valence-corrected chi connectivity index (χ2v) is 10.9. The van der Waals surface area contributed by atoms with E-state index in [1.165, 1.54) is 24.3 Å². The van der Waals surface area contributed by atoms with Crippen LogP contribution in [0.4, 0.5) is 13.2 Å². The van der Waals surface area contributed by atoms with E-state index in [1.54, 1.807) is 28.8 Å². The maximum absolute atomic E-state index is 14.2. The molecule has 2 bridgehead atoms. The Bertz CT molecular complexity index is 1680. The third-order valence-corrected chi connectivity index (χ3v) is 7.99. The number of alkyl halides is 3. The molecule has 10 heteroatoms. The van der Waals surface area contributed by atoms with Gasteiger partial charge in [0.05, 0.1) is 16.5 Å². The molecule has 2 aromatic carbocycles. The van der Waals surface area contributed by atoms with Gasteiger partial charge in [0, 0.05) is 48.3 Å². The fourth-order valence-corrected chi connectivity index (χ4v) is 6.15. The predicted molar refractivity (Wildman–Crippen MR) is 139 cm³/mol. The number of aromatic nitrogens is 1. The van der Waals surface area contributed by atoms with Gasteiger partial charge in [-0.3, -0.25) is 14.5 Å². The van der Waals surface area contributed by atoms with Gasteiger partial charge in [-0.05, 0) is 48.2 Å².